The van der Waals surface area contributed by atoms with Crippen LogP contribution < -0.4 is 10.6 Å². The number of carbonyl (C=O) groups excluding carboxylic acids is 2. The first-order chi connectivity index (χ1) is 11.5. The Morgan fingerprint density at radius 1 is 1.42 bits per heavy atom. The number of carbonyl (C=O) groups is 2. The molecule has 8 nitrogen and oxygen atoms in total. The summed E-state index contributed by atoms with van der Waals surface area (Å²) >= 11 is 0. The van der Waals surface area contributed by atoms with E-state index in [1.54, 1.807) is 44.3 Å². The molecule has 1 aromatic heterocycles. The summed E-state index contributed by atoms with van der Waals surface area (Å²) in [5, 5.41) is 5.50. The molecule has 0 radical (unpaired) electrons. The van der Waals surface area contributed by atoms with Crippen molar-refractivity contribution < 1.29 is 19.1 Å². The quantitative estimate of drug-likeness (QED) is 0.766. The summed E-state index contributed by atoms with van der Waals surface area (Å²) in [6.45, 7) is 1.30. The van der Waals surface area contributed by atoms with E-state index in [0.717, 1.165) is 0 Å². The molecule has 1 fully saturated rings. The lowest BCUT2D eigenvalue weighted by Gasteiger charge is -2.41. The van der Waals surface area contributed by atoms with Crippen molar-refractivity contribution in [1.82, 2.24) is 15.2 Å². The van der Waals surface area contributed by atoms with Crippen LogP contribution in [0.4, 0.5) is 5.82 Å². The molecule has 1 saturated heterocycles. The molecule has 1 aliphatic rings. The summed E-state index contributed by atoms with van der Waals surface area (Å²) < 4.78 is 11.1. The number of aromatic nitrogens is 1. The van der Waals surface area contributed by atoms with Crippen molar-refractivity contribution in [2.75, 3.05) is 52.8 Å². The average Bonchev–Trinajstić information content (AvgIpc) is 2.61. The van der Waals surface area contributed by atoms with Crippen LogP contribution >= 0.6 is 0 Å². The zero-order chi connectivity index (χ0) is 17.6. The van der Waals surface area contributed by atoms with Crippen molar-refractivity contribution >= 4 is 17.6 Å². The first-order valence-corrected chi connectivity index (χ1v) is 7.81. The molecule has 8 heteroatoms. The molecule has 1 atom stereocenters. The van der Waals surface area contributed by atoms with Crippen LogP contribution in [0.1, 0.15) is 16.9 Å². The maximum Gasteiger partial charge on any atom is 0.272 e. The van der Waals surface area contributed by atoms with E-state index in [4.69, 9.17) is 9.47 Å². The van der Waals surface area contributed by atoms with Crippen LogP contribution in [0.2, 0.25) is 0 Å². The second-order valence-corrected chi connectivity index (χ2v) is 5.70. The molecule has 1 aliphatic heterocycles. The summed E-state index contributed by atoms with van der Waals surface area (Å²) in [5.74, 6) is 0.284. The third kappa shape index (κ3) is 4.21. The van der Waals surface area contributed by atoms with Crippen LogP contribution in [0.3, 0.4) is 0 Å². The van der Waals surface area contributed by atoms with E-state index in [1.165, 1.54) is 0 Å². The molecular formula is C16H24N4O4. The molecule has 1 aromatic rings. The van der Waals surface area contributed by atoms with Crippen LogP contribution in [0.5, 0.6) is 0 Å². The van der Waals surface area contributed by atoms with Crippen LogP contribution in [-0.4, -0.2) is 74.8 Å². The number of methoxy groups -OCH3 is 1. The van der Waals surface area contributed by atoms with Crippen molar-refractivity contribution in [1.29, 1.82) is 0 Å². The number of amides is 2. The highest BCUT2D eigenvalue weighted by molar-refractivity contribution is 5.93. The smallest absolute Gasteiger partial charge is 0.272 e. The Balaban J connectivity index is 2.17. The minimum atomic E-state index is -0.844. The fraction of sp³-hybridized carbons (Fsp3) is 0.562. The van der Waals surface area contributed by atoms with Crippen molar-refractivity contribution in [2.45, 2.75) is 12.0 Å². The Bertz CT molecular complexity index is 591. The number of pyridine rings is 1. The number of hydrogen-bond donors (Lipinski definition) is 2. The molecule has 0 saturated carbocycles. The second kappa shape index (κ2) is 8.07. The Hall–Kier alpha value is -2.19. The third-order valence-corrected chi connectivity index (χ3v) is 3.93. The number of nitrogens with one attached hydrogen (secondary N) is 2. The molecule has 0 aliphatic carbocycles. The third-order valence-electron chi connectivity index (χ3n) is 3.93. The largest absolute Gasteiger partial charge is 0.382 e. The van der Waals surface area contributed by atoms with Crippen molar-refractivity contribution in [3.8, 4) is 0 Å². The highest BCUT2D eigenvalue weighted by Crippen LogP contribution is 2.24. The lowest BCUT2D eigenvalue weighted by Crippen LogP contribution is -2.57. The number of morpholine rings is 1. The number of rotatable bonds is 6. The first-order valence-electron chi connectivity index (χ1n) is 7.81. The van der Waals surface area contributed by atoms with Crippen LogP contribution in [-0.2, 0) is 14.3 Å². The zero-order valence-corrected chi connectivity index (χ0v) is 14.3. The van der Waals surface area contributed by atoms with Gasteiger partial charge in [-0.15, -0.1) is 0 Å². The Kier molecular flexibility index (Phi) is 6.10. The molecule has 24 heavy (non-hydrogen) atoms. The monoisotopic (exact) mass is 336 g/mol. The highest BCUT2D eigenvalue weighted by atomic mass is 16.5. The van der Waals surface area contributed by atoms with Gasteiger partial charge in [0.1, 0.15) is 17.1 Å². The van der Waals surface area contributed by atoms with Gasteiger partial charge in [0.2, 0.25) is 5.91 Å². The maximum absolute atomic E-state index is 12.8. The minimum Gasteiger partial charge on any atom is -0.382 e. The van der Waals surface area contributed by atoms with Crippen LogP contribution in [0.25, 0.3) is 0 Å². The van der Waals surface area contributed by atoms with Crippen LogP contribution in [0.15, 0.2) is 18.2 Å². The number of ether oxygens (including phenoxy) is 2. The van der Waals surface area contributed by atoms with Crippen molar-refractivity contribution in [3.63, 3.8) is 0 Å². The van der Waals surface area contributed by atoms with Crippen LogP contribution in [0, 0.1) is 0 Å². The Morgan fingerprint density at radius 3 is 2.88 bits per heavy atom. The van der Waals surface area contributed by atoms with Gasteiger partial charge in [0, 0.05) is 27.7 Å². The summed E-state index contributed by atoms with van der Waals surface area (Å²) in [6, 6.07) is 5.24. The number of nitrogens with zero attached hydrogens (tertiary/aromatic N) is 2. The van der Waals surface area contributed by atoms with Gasteiger partial charge < -0.3 is 25.0 Å². The predicted molar refractivity (Wildman–Crippen MR) is 88.9 cm³/mol. The van der Waals surface area contributed by atoms with Gasteiger partial charge in [-0.2, -0.15) is 0 Å². The molecule has 132 valence electrons. The van der Waals surface area contributed by atoms with Gasteiger partial charge >= 0.3 is 0 Å². The van der Waals surface area contributed by atoms with Gasteiger partial charge in [0.05, 0.1) is 26.2 Å². The average molecular weight is 336 g/mol. The SMILES string of the molecule is CNC(=O)C[C@@]1(COC)CN(C(=O)c2cccc(NC)n2)CCO1. The van der Waals surface area contributed by atoms with E-state index >= 15 is 0 Å². The van der Waals surface area contributed by atoms with Gasteiger partial charge in [-0.25, -0.2) is 4.98 Å². The van der Waals surface area contributed by atoms with Crippen molar-refractivity contribution in [2.24, 2.45) is 0 Å². The summed E-state index contributed by atoms with van der Waals surface area (Å²) in [5.41, 5.74) is -0.487. The van der Waals surface area contributed by atoms with E-state index in [9.17, 15) is 9.59 Å². The van der Waals surface area contributed by atoms with E-state index in [1.807, 2.05) is 0 Å². The molecule has 2 heterocycles. The van der Waals surface area contributed by atoms with E-state index in [0.29, 0.717) is 24.7 Å². The highest BCUT2D eigenvalue weighted by Gasteiger charge is 2.40. The Morgan fingerprint density at radius 2 is 2.21 bits per heavy atom. The first kappa shape index (κ1) is 18.2. The molecule has 0 bridgehead atoms. The summed E-state index contributed by atoms with van der Waals surface area (Å²) in [7, 11) is 4.87. The summed E-state index contributed by atoms with van der Waals surface area (Å²) in [4.78, 5) is 30.5. The topological polar surface area (TPSA) is 92.8 Å². The van der Waals surface area contributed by atoms with E-state index < -0.39 is 5.60 Å². The molecular weight excluding hydrogens is 312 g/mol. The standard InChI is InChI=1S/C16H24N4O4/c1-17-13-6-4-5-12(19-13)15(22)20-7-8-24-16(10-20,11-23-3)9-14(21)18-2/h4-6H,7-11H2,1-3H3,(H,17,19)(H,18,21)/t16-/m0/s1. The number of hydrogen-bond acceptors (Lipinski definition) is 6. The molecule has 0 spiro atoms. The molecule has 2 amide bonds. The normalized spacial score (nSPS) is 20.5. The number of anilines is 1. The lowest BCUT2D eigenvalue weighted by molar-refractivity contribution is -0.150. The second-order valence-electron chi connectivity index (χ2n) is 5.70. The van der Waals surface area contributed by atoms with Gasteiger partial charge in [-0.05, 0) is 12.1 Å². The fourth-order valence-electron chi connectivity index (χ4n) is 2.76. The molecule has 0 aromatic carbocycles. The van der Waals surface area contributed by atoms with E-state index in [-0.39, 0.29) is 31.4 Å². The minimum absolute atomic E-state index is 0.130. The molecule has 0 unspecified atom stereocenters. The van der Waals surface area contributed by atoms with Gasteiger partial charge in [-0.1, -0.05) is 6.07 Å². The summed E-state index contributed by atoms with van der Waals surface area (Å²) in [6.07, 6.45) is 0.130. The fourth-order valence-corrected chi connectivity index (χ4v) is 2.76. The maximum atomic E-state index is 12.8. The Labute approximate surface area is 141 Å². The predicted octanol–water partition coefficient (Wildman–Crippen LogP) is 0.117. The van der Waals surface area contributed by atoms with Crippen molar-refractivity contribution in [3.05, 3.63) is 23.9 Å². The molecule has 2 rings (SSSR count). The van der Waals surface area contributed by atoms with Gasteiger partial charge in [0.25, 0.3) is 5.91 Å². The zero-order valence-electron chi connectivity index (χ0n) is 14.3. The lowest BCUT2D eigenvalue weighted by atomic mass is 9.97. The van der Waals surface area contributed by atoms with Gasteiger partial charge in [-0.3, -0.25) is 9.59 Å². The van der Waals surface area contributed by atoms with E-state index in [2.05, 4.69) is 15.6 Å². The molecule has 2 N–H and O–H groups in total. The van der Waals surface area contributed by atoms with Gasteiger partial charge in [0.15, 0.2) is 0 Å².